The Morgan fingerprint density at radius 1 is 1.35 bits per heavy atom. The number of nitrogens with two attached hydrogens (primary N) is 1. The second-order valence-electron chi connectivity index (χ2n) is 5.30. The van der Waals surface area contributed by atoms with Crippen molar-refractivity contribution >= 4 is 18.3 Å². The van der Waals surface area contributed by atoms with Gasteiger partial charge in [-0.05, 0) is 25.8 Å². The van der Waals surface area contributed by atoms with E-state index in [0.717, 1.165) is 37.0 Å². The van der Waals surface area contributed by atoms with Gasteiger partial charge in [0.05, 0.1) is 18.7 Å². The van der Waals surface area contributed by atoms with Crippen molar-refractivity contribution in [2.45, 2.75) is 44.2 Å². The Labute approximate surface area is 126 Å². The van der Waals surface area contributed by atoms with E-state index in [1.54, 1.807) is 7.11 Å². The Hall–Kier alpha value is -1.26. The van der Waals surface area contributed by atoms with E-state index in [1.807, 2.05) is 31.2 Å². The fourth-order valence-corrected chi connectivity index (χ4v) is 2.68. The van der Waals surface area contributed by atoms with E-state index < -0.39 is 5.54 Å². The number of carbonyl (C=O) groups is 1. The van der Waals surface area contributed by atoms with Crippen molar-refractivity contribution in [1.82, 2.24) is 5.32 Å². The predicted octanol–water partition coefficient (Wildman–Crippen LogP) is 2.57. The maximum atomic E-state index is 12.3. The molecule has 20 heavy (non-hydrogen) atoms. The van der Waals surface area contributed by atoms with E-state index in [2.05, 4.69) is 5.32 Å². The molecule has 0 aliphatic heterocycles. The monoisotopic (exact) mass is 298 g/mol. The molecule has 3 N–H and O–H groups in total. The molecule has 0 radical (unpaired) electrons. The topological polar surface area (TPSA) is 64.3 Å². The highest BCUT2D eigenvalue weighted by Gasteiger charge is 2.37. The zero-order valence-corrected chi connectivity index (χ0v) is 12.8. The number of halogens is 1. The number of amides is 1. The third-order valence-electron chi connectivity index (χ3n) is 3.90. The molecule has 0 saturated heterocycles. The van der Waals surface area contributed by atoms with Gasteiger partial charge in [-0.3, -0.25) is 4.79 Å². The fraction of sp³-hybridized carbons (Fsp3) is 0.533. The number of benzene rings is 1. The maximum Gasteiger partial charge on any atom is 0.240 e. The lowest BCUT2D eigenvalue weighted by atomic mass is 9.97. The van der Waals surface area contributed by atoms with Gasteiger partial charge in [0, 0.05) is 5.56 Å². The zero-order chi connectivity index (χ0) is 13.9. The lowest BCUT2D eigenvalue weighted by molar-refractivity contribution is -0.126. The molecule has 1 saturated carbocycles. The summed E-state index contributed by atoms with van der Waals surface area (Å²) in [5, 5.41) is 3.01. The zero-order valence-electron chi connectivity index (χ0n) is 12.0. The molecule has 1 aliphatic carbocycles. The maximum absolute atomic E-state index is 12.3. The van der Waals surface area contributed by atoms with Gasteiger partial charge in [-0.2, -0.15) is 0 Å². The number of carbonyl (C=O) groups excluding carboxylic acids is 1. The van der Waals surface area contributed by atoms with Crippen LogP contribution in [0.4, 0.5) is 0 Å². The van der Waals surface area contributed by atoms with E-state index in [1.165, 1.54) is 0 Å². The summed E-state index contributed by atoms with van der Waals surface area (Å²) in [6, 6.07) is 7.60. The Morgan fingerprint density at radius 2 is 1.95 bits per heavy atom. The Morgan fingerprint density at radius 3 is 2.55 bits per heavy atom. The smallest absolute Gasteiger partial charge is 0.240 e. The first-order chi connectivity index (χ1) is 9.07. The van der Waals surface area contributed by atoms with Gasteiger partial charge in [0.2, 0.25) is 5.91 Å². The Kier molecular flexibility index (Phi) is 5.84. The van der Waals surface area contributed by atoms with Crippen LogP contribution < -0.4 is 15.8 Å². The summed E-state index contributed by atoms with van der Waals surface area (Å²) in [7, 11) is 1.63. The van der Waals surface area contributed by atoms with Crippen LogP contribution in [0.2, 0.25) is 0 Å². The van der Waals surface area contributed by atoms with E-state index in [-0.39, 0.29) is 24.4 Å². The van der Waals surface area contributed by atoms with E-state index >= 15 is 0 Å². The summed E-state index contributed by atoms with van der Waals surface area (Å²) < 4.78 is 5.32. The fourth-order valence-electron chi connectivity index (χ4n) is 2.68. The van der Waals surface area contributed by atoms with Crippen LogP contribution in [-0.2, 0) is 4.79 Å². The van der Waals surface area contributed by atoms with Gasteiger partial charge < -0.3 is 15.8 Å². The SMILES string of the molecule is COc1ccccc1C(C)NC(=O)C1(N)CCCC1.Cl. The number of hydrogen-bond donors (Lipinski definition) is 2. The van der Waals surface area contributed by atoms with Crippen LogP contribution in [0, 0.1) is 0 Å². The van der Waals surface area contributed by atoms with Gasteiger partial charge in [-0.25, -0.2) is 0 Å². The molecule has 0 spiro atoms. The van der Waals surface area contributed by atoms with Gasteiger partial charge in [-0.1, -0.05) is 31.0 Å². The first-order valence-electron chi connectivity index (χ1n) is 6.79. The normalized spacial score (nSPS) is 17.9. The minimum absolute atomic E-state index is 0. The third kappa shape index (κ3) is 3.44. The van der Waals surface area contributed by atoms with Gasteiger partial charge in [0.15, 0.2) is 0 Å². The highest BCUT2D eigenvalue weighted by atomic mass is 35.5. The first-order valence-corrected chi connectivity index (χ1v) is 6.79. The Bertz CT molecular complexity index is 459. The third-order valence-corrected chi connectivity index (χ3v) is 3.90. The molecule has 0 heterocycles. The van der Waals surface area contributed by atoms with Gasteiger partial charge >= 0.3 is 0 Å². The Balaban J connectivity index is 0.00000200. The van der Waals surface area contributed by atoms with Crippen molar-refractivity contribution in [3.63, 3.8) is 0 Å². The van der Waals surface area contributed by atoms with Crippen LogP contribution in [0.5, 0.6) is 5.75 Å². The first kappa shape index (κ1) is 16.8. The minimum Gasteiger partial charge on any atom is -0.496 e. The molecule has 1 aromatic carbocycles. The molecule has 5 heteroatoms. The molecule has 2 rings (SSSR count). The largest absolute Gasteiger partial charge is 0.496 e. The highest BCUT2D eigenvalue weighted by molar-refractivity contribution is 5.86. The molecule has 1 amide bonds. The summed E-state index contributed by atoms with van der Waals surface area (Å²) in [6.07, 6.45) is 3.62. The number of hydrogen-bond acceptors (Lipinski definition) is 3. The minimum atomic E-state index is -0.684. The van der Waals surface area contributed by atoms with Crippen LogP contribution in [0.25, 0.3) is 0 Å². The van der Waals surface area contributed by atoms with Crippen molar-refractivity contribution < 1.29 is 9.53 Å². The summed E-state index contributed by atoms with van der Waals surface area (Å²) in [5.74, 6) is 0.733. The average molecular weight is 299 g/mol. The van der Waals surface area contributed by atoms with Crippen LogP contribution in [-0.4, -0.2) is 18.6 Å². The van der Waals surface area contributed by atoms with E-state index in [0.29, 0.717) is 0 Å². The predicted molar refractivity (Wildman–Crippen MR) is 82.2 cm³/mol. The van der Waals surface area contributed by atoms with Gasteiger partial charge in [0.25, 0.3) is 0 Å². The molecule has 4 nitrogen and oxygen atoms in total. The summed E-state index contributed by atoms with van der Waals surface area (Å²) in [5.41, 5.74) is 6.44. The number of para-hydroxylation sites is 1. The van der Waals surface area contributed by atoms with Crippen LogP contribution in [0.1, 0.15) is 44.2 Å². The molecule has 1 aliphatic rings. The van der Waals surface area contributed by atoms with Crippen molar-refractivity contribution in [2.75, 3.05) is 7.11 Å². The highest BCUT2D eigenvalue weighted by Crippen LogP contribution is 2.29. The van der Waals surface area contributed by atoms with Crippen molar-refractivity contribution in [3.8, 4) is 5.75 Å². The molecular formula is C15H23ClN2O2. The number of nitrogens with one attached hydrogen (secondary N) is 1. The average Bonchev–Trinajstić information content (AvgIpc) is 2.87. The molecule has 1 aromatic rings. The van der Waals surface area contributed by atoms with Crippen LogP contribution in [0.15, 0.2) is 24.3 Å². The molecule has 112 valence electrons. The van der Waals surface area contributed by atoms with Crippen LogP contribution >= 0.6 is 12.4 Å². The summed E-state index contributed by atoms with van der Waals surface area (Å²) in [6.45, 7) is 1.95. The second kappa shape index (κ2) is 6.95. The molecule has 1 atom stereocenters. The molecule has 1 fully saturated rings. The lowest BCUT2D eigenvalue weighted by Crippen LogP contribution is -2.52. The molecule has 0 bridgehead atoms. The molecule has 1 unspecified atom stereocenters. The number of rotatable bonds is 4. The van der Waals surface area contributed by atoms with Gasteiger partial charge in [-0.15, -0.1) is 12.4 Å². The van der Waals surface area contributed by atoms with Crippen molar-refractivity contribution in [1.29, 1.82) is 0 Å². The van der Waals surface area contributed by atoms with E-state index in [4.69, 9.17) is 10.5 Å². The summed E-state index contributed by atoms with van der Waals surface area (Å²) in [4.78, 5) is 12.3. The van der Waals surface area contributed by atoms with Gasteiger partial charge in [0.1, 0.15) is 5.75 Å². The standard InChI is InChI=1S/C15H22N2O2.ClH/c1-11(12-7-3-4-8-13(12)19-2)17-14(18)15(16)9-5-6-10-15;/h3-4,7-8,11H,5-6,9-10,16H2,1-2H3,(H,17,18);1H. The second-order valence-corrected chi connectivity index (χ2v) is 5.30. The quantitative estimate of drug-likeness (QED) is 0.898. The molecule has 0 aromatic heterocycles. The van der Waals surface area contributed by atoms with Crippen molar-refractivity contribution in [2.24, 2.45) is 5.73 Å². The lowest BCUT2D eigenvalue weighted by Gasteiger charge is -2.25. The van der Waals surface area contributed by atoms with Crippen molar-refractivity contribution in [3.05, 3.63) is 29.8 Å². The van der Waals surface area contributed by atoms with E-state index in [9.17, 15) is 4.79 Å². The molecular weight excluding hydrogens is 276 g/mol. The number of methoxy groups -OCH3 is 1. The number of ether oxygens (including phenoxy) is 1. The van der Waals surface area contributed by atoms with Crippen LogP contribution in [0.3, 0.4) is 0 Å². The summed E-state index contributed by atoms with van der Waals surface area (Å²) >= 11 is 0.